The van der Waals surface area contributed by atoms with Crippen LogP contribution in [0.25, 0.3) is 0 Å². The van der Waals surface area contributed by atoms with Crippen LogP contribution in [-0.4, -0.2) is 17.5 Å². The topological polar surface area (TPSA) is 74.6 Å². The van der Waals surface area contributed by atoms with Crippen molar-refractivity contribution in [1.29, 1.82) is 0 Å². The van der Waals surface area contributed by atoms with Gasteiger partial charge in [0.2, 0.25) is 0 Å². The molecule has 0 bridgehead atoms. The molecule has 5 heteroatoms. The van der Waals surface area contributed by atoms with Gasteiger partial charge in [-0.3, -0.25) is 9.11 Å². The van der Waals surface area contributed by atoms with E-state index in [4.69, 9.17) is 17.5 Å². The Balaban J connectivity index is 0.000000187. The van der Waals surface area contributed by atoms with E-state index in [1.807, 2.05) is 30.3 Å². The van der Waals surface area contributed by atoms with Crippen LogP contribution in [-0.2, 0) is 10.4 Å². The van der Waals surface area contributed by atoms with Gasteiger partial charge in [-0.1, -0.05) is 30.3 Å². The van der Waals surface area contributed by atoms with Crippen molar-refractivity contribution < 1.29 is 17.5 Å². The maximum Gasteiger partial charge on any atom is 0.394 e. The molecule has 0 saturated carbocycles. The van der Waals surface area contributed by atoms with Gasteiger partial charge in [0.1, 0.15) is 0 Å². The van der Waals surface area contributed by atoms with Crippen molar-refractivity contribution in [2.24, 2.45) is 0 Å². The van der Waals surface area contributed by atoms with E-state index >= 15 is 0 Å². The molecule has 1 rings (SSSR count). The summed E-state index contributed by atoms with van der Waals surface area (Å²) in [4.78, 5) is 0. The van der Waals surface area contributed by atoms with Crippen LogP contribution < -0.4 is 0 Å². The van der Waals surface area contributed by atoms with Gasteiger partial charge in [0.15, 0.2) is 0 Å². The third kappa shape index (κ3) is 17.6. The highest BCUT2D eigenvalue weighted by atomic mass is 32.3. The number of hydrogen-bond acceptors (Lipinski definition) is 2. The summed E-state index contributed by atoms with van der Waals surface area (Å²) in [7, 11) is -4.67. The van der Waals surface area contributed by atoms with E-state index in [9.17, 15) is 0 Å². The molecule has 61 valence electrons. The maximum absolute atomic E-state index is 8.74. The van der Waals surface area contributed by atoms with Gasteiger partial charge >= 0.3 is 10.4 Å². The molecule has 0 unspecified atom stereocenters. The number of hydrogen-bond donors (Lipinski definition) is 2. The minimum atomic E-state index is -4.67. The minimum absolute atomic E-state index is 1.88. The lowest BCUT2D eigenvalue weighted by Gasteiger charge is -1.68. The first-order chi connectivity index (χ1) is 5.00. The zero-order valence-electron chi connectivity index (χ0n) is 5.51. The summed E-state index contributed by atoms with van der Waals surface area (Å²) >= 11 is 0. The van der Waals surface area contributed by atoms with E-state index in [1.165, 1.54) is 0 Å². The summed E-state index contributed by atoms with van der Waals surface area (Å²) in [6.45, 7) is 0. The quantitative estimate of drug-likeness (QED) is 0.573. The van der Waals surface area contributed by atoms with Gasteiger partial charge in [0, 0.05) is 0 Å². The fourth-order valence-corrected chi connectivity index (χ4v) is 0.342. The lowest BCUT2D eigenvalue weighted by Crippen LogP contribution is -1.89. The molecule has 0 heterocycles. The third-order valence-electron chi connectivity index (χ3n) is 0.607. The van der Waals surface area contributed by atoms with Crippen LogP contribution in [0, 0.1) is 6.07 Å². The second kappa shape index (κ2) is 4.84. The van der Waals surface area contributed by atoms with Crippen LogP contribution in [0.2, 0.25) is 0 Å². The van der Waals surface area contributed by atoms with Crippen molar-refractivity contribution in [3.8, 4) is 0 Å². The Bertz CT molecular complexity index is 231. The van der Waals surface area contributed by atoms with Crippen molar-refractivity contribution in [3.05, 3.63) is 36.4 Å². The molecule has 0 spiro atoms. The third-order valence-corrected chi connectivity index (χ3v) is 0.607. The summed E-state index contributed by atoms with van der Waals surface area (Å²) in [5, 5.41) is 0. The maximum atomic E-state index is 8.74. The molecule has 4 nitrogen and oxygen atoms in total. The van der Waals surface area contributed by atoms with Crippen LogP contribution in [0.15, 0.2) is 30.3 Å². The number of rotatable bonds is 0. The lowest BCUT2D eigenvalue weighted by atomic mass is 10.4. The Morgan fingerprint density at radius 1 is 1.00 bits per heavy atom. The Morgan fingerprint density at radius 3 is 1.45 bits per heavy atom. The molecule has 11 heavy (non-hydrogen) atoms. The standard InChI is InChI=1S/C6H5.H2O4S/c1-2-4-6-5-3-1;1-5(2,3)4/h1-5H;(H2,1,2,3,4). The molecule has 0 aliphatic carbocycles. The van der Waals surface area contributed by atoms with Crippen molar-refractivity contribution >= 4 is 10.4 Å². The number of benzene rings is 1. The van der Waals surface area contributed by atoms with E-state index in [0.717, 1.165) is 0 Å². The first kappa shape index (κ1) is 10.1. The summed E-state index contributed by atoms with van der Waals surface area (Å²) in [6.07, 6.45) is 0. The smallest absolute Gasteiger partial charge is 0.264 e. The Hall–Kier alpha value is -0.910. The van der Waals surface area contributed by atoms with Crippen molar-refractivity contribution in [2.45, 2.75) is 0 Å². The average Bonchev–Trinajstić information content (AvgIpc) is 1.88. The summed E-state index contributed by atoms with van der Waals surface area (Å²) < 4.78 is 31.6. The van der Waals surface area contributed by atoms with Gasteiger partial charge in [-0.2, -0.15) is 8.42 Å². The molecular weight excluding hydrogens is 168 g/mol. The van der Waals surface area contributed by atoms with E-state index in [1.54, 1.807) is 0 Å². The normalized spacial score (nSPS) is 9.64. The van der Waals surface area contributed by atoms with Gasteiger partial charge < -0.3 is 0 Å². The van der Waals surface area contributed by atoms with Crippen LogP contribution in [0.3, 0.4) is 0 Å². The second-order valence-electron chi connectivity index (χ2n) is 1.53. The molecule has 0 fully saturated rings. The predicted molar refractivity (Wildman–Crippen MR) is 39.5 cm³/mol. The van der Waals surface area contributed by atoms with Crippen molar-refractivity contribution in [2.75, 3.05) is 0 Å². The molecule has 2 N–H and O–H groups in total. The van der Waals surface area contributed by atoms with E-state index < -0.39 is 10.4 Å². The van der Waals surface area contributed by atoms with E-state index in [2.05, 4.69) is 6.07 Å². The van der Waals surface area contributed by atoms with Gasteiger partial charge in [0.05, 0.1) is 0 Å². The summed E-state index contributed by atoms with van der Waals surface area (Å²) in [5.41, 5.74) is 0. The zero-order chi connectivity index (χ0) is 8.74. The SMILES string of the molecule is O=S(=O)(O)O.[c]1ccccc1. The zero-order valence-corrected chi connectivity index (χ0v) is 6.32. The van der Waals surface area contributed by atoms with Crippen LogP contribution in [0.4, 0.5) is 0 Å². The summed E-state index contributed by atoms with van der Waals surface area (Å²) in [5.74, 6) is 0. The van der Waals surface area contributed by atoms with E-state index in [-0.39, 0.29) is 0 Å². The molecular formula is C6H7O4S. The highest BCUT2D eigenvalue weighted by molar-refractivity contribution is 7.79. The van der Waals surface area contributed by atoms with Crippen molar-refractivity contribution in [3.63, 3.8) is 0 Å². The van der Waals surface area contributed by atoms with Gasteiger partial charge in [0.25, 0.3) is 0 Å². The van der Waals surface area contributed by atoms with Crippen LogP contribution >= 0.6 is 0 Å². The van der Waals surface area contributed by atoms with Crippen molar-refractivity contribution in [1.82, 2.24) is 0 Å². The molecule has 0 saturated heterocycles. The fraction of sp³-hybridized carbons (Fsp3) is 0. The van der Waals surface area contributed by atoms with Crippen LogP contribution in [0.1, 0.15) is 0 Å². The molecule has 0 aromatic heterocycles. The predicted octanol–water partition coefficient (Wildman–Crippen LogP) is 0.834. The van der Waals surface area contributed by atoms with Gasteiger partial charge in [-0.05, 0) is 6.07 Å². The minimum Gasteiger partial charge on any atom is -0.264 e. The highest BCUT2D eigenvalue weighted by Crippen LogP contribution is 1.78. The van der Waals surface area contributed by atoms with Gasteiger partial charge in [-0.15, -0.1) is 0 Å². The Morgan fingerprint density at radius 2 is 1.36 bits per heavy atom. The lowest BCUT2D eigenvalue weighted by molar-refractivity contribution is 0.381. The monoisotopic (exact) mass is 175 g/mol. The molecule has 0 atom stereocenters. The molecule has 0 amide bonds. The molecule has 0 aliphatic heterocycles. The second-order valence-corrected chi connectivity index (χ2v) is 2.42. The Kier molecular flexibility index (Phi) is 4.44. The first-order valence-corrected chi connectivity index (χ1v) is 4.01. The van der Waals surface area contributed by atoms with Crippen LogP contribution in [0.5, 0.6) is 0 Å². The molecule has 1 radical (unpaired) electrons. The molecule has 1 aromatic carbocycles. The molecule has 0 aliphatic rings. The molecule has 1 aromatic rings. The van der Waals surface area contributed by atoms with E-state index in [0.29, 0.717) is 0 Å². The largest absolute Gasteiger partial charge is 0.394 e. The first-order valence-electron chi connectivity index (χ1n) is 2.61. The highest BCUT2D eigenvalue weighted by Gasteiger charge is 1.84. The Labute approximate surface area is 65.1 Å². The van der Waals surface area contributed by atoms with Gasteiger partial charge in [-0.25, -0.2) is 0 Å². The summed E-state index contributed by atoms with van der Waals surface area (Å²) in [6, 6.07) is 12.5. The average molecular weight is 175 g/mol. The fourth-order valence-electron chi connectivity index (χ4n) is 0.342.